The van der Waals surface area contributed by atoms with Crippen LogP contribution in [-0.4, -0.2) is 46.4 Å². The predicted molar refractivity (Wildman–Crippen MR) is 79.9 cm³/mol. The first-order valence-electron chi connectivity index (χ1n) is 6.26. The molecule has 1 heterocycles. The molecule has 0 radical (unpaired) electrons. The van der Waals surface area contributed by atoms with Crippen molar-refractivity contribution in [1.29, 1.82) is 5.26 Å². The van der Waals surface area contributed by atoms with Gasteiger partial charge in [-0.3, -0.25) is 0 Å². The molecule has 21 heavy (non-hydrogen) atoms. The first-order chi connectivity index (χ1) is 9.92. The summed E-state index contributed by atoms with van der Waals surface area (Å²) in [5.41, 5.74) is 0. The van der Waals surface area contributed by atoms with Crippen LogP contribution < -0.4 is 10.2 Å². The average Bonchev–Trinajstić information content (AvgIpc) is 2.45. The van der Waals surface area contributed by atoms with Crippen LogP contribution in [0, 0.1) is 11.5 Å². The Morgan fingerprint density at radius 1 is 1.38 bits per heavy atom. The lowest BCUT2D eigenvalue weighted by atomic mass is 10.3. The Kier molecular flexibility index (Phi) is 6.17. The number of ether oxygens (including phenoxy) is 1. The molecule has 0 aliphatic heterocycles. The van der Waals surface area contributed by atoms with E-state index in [0.29, 0.717) is 11.1 Å². The van der Waals surface area contributed by atoms with E-state index in [1.54, 1.807) is 6.92 Å². The van der Waals surface area contributed by atoms with Crippen molar-refractivity contribution < 1.29 is 9.53 Å². The Labute approximate surface area is 127 Å². The monoisotopic (exact) mass is 310 g/mol. The summed E-state index contributed by atoms with van der Waals surface area (Å²) in [6, 6.07) is -0.687. The molecule has 0 saturated heterocycles. The van der Waals surface area contributed by atoms with Gasteiger partial charge in [-0.2, -0.15) is 20.2 Å². The maximum Gasteiger partial charge on any atom is 0.329 e. The van der Waals surface area contributed by atoms with Gasteiger partial charge in [-0.15, -0.1) is 0 Å². The highest BCUT2D eigenvalue weighted by Gasteiger charge is 2.25. The predicted octanol–water partition coefficient (Wildman–Crippen LogP) is 1.26. The summed E-state index contributed by atoms with van der Waals surface area (Å²) in [4.78, 5) is 25.2. The van der Waals surface area contributed by atoms with E-state index in [9.17, 15) is 10.1 Å². The molecule has 0 amide bonds. The number of esters is 1. The summed E-state index contributed by atoms with van der Waals surface area (Å²) < 4.78 is 4.64. The molecule has 1 atom stereocenters. The summed E-state index contributed by atoms with van der Waals surface area (Å²) in [6.45, 7) is 5.44. The molecule has 1 aromatic rings. The van der Waals surface area contributed by atoms with E-state index in [1.165, 1.54) is 18.9 Å². The first-order valence-corrected chi connectivity index (χ1v) is 7.48. The fourth-order valence-corrected chi connectivity index (χ4v) is 1.80. The summed E-state index contributed by atoms with van der Waals surface area (Å²) in [5, 5.41) is 12.8. The molecule has 0 aliphatic carbocycles. The maximum absolute atomic E-state index is 11.6. The third-order valence-corrected chi connectivity index (χ3v) is 3.00. The van der Waals surface area contributed by atoms with Gasteiger partial charge in [-0.25, -0.2) is 9.69 Å². The van der Waals surface area contributed by atoms with Crippen LogP contribution in [0.4, 0.5) is 11.9 Å². The molecule has 0 fully saturated rings. The van der Waals surface area contributed by atoms with Crippen LogP contribution in [0.2, 0.25) is 0 Å². The van der Waals surface area contributed by atoms with Gasteiger partial charge < -0.3 is 10.1 Å². The zero-order chi connectivity index (χ0) is 16.0. The van der Waals surface area contributed by atoms with Crippen molar-refractivity contribution in [2.24, 2.45) is 0 Å². The van der Waals surface area contributed by atoms with Crippen LogP contribution >= 0.6 is 11.8 Å². The molecule has 8 nitrogen and oxygen atoms in total. The third-order valence-electron chi connectivity index (χ3n) is 2.46. The van der Waals surface area contributed by atoms with E-state index in [1.807, 2.05) is 26.3 Å². The van der Waals surface area contributed by atoms with Crippen LogP contribution in [0.1, 0.15) is 20.8 Å². The minimum atomic E-state index is -0.816. The Bertz CT molecular complexity index is 545. The minimum Gasteiger partial charge on any atom is -0.467 e. The zero-order valence-corrected chi connectivity index (χ0v) is 13.4. The molecular weight excluding hydrogens is 292 g/mol. The van der Waals surface area contributed by atoms with Gasteiger partial charge >= 0.3 is 5.97 Å². The average molecular weight is 310 g/mol. The number of nitriles is 1. The molecular formula is C12H18N6O2S. The van der Waals surface area contributed by atoms with Gasteiger partial charge in [-0.1, -0.05) is 11.8 Å². The topological polar surface area (TPSA) is 104 Å². The lowest BCUT2D eigenvalue weighted by molar-refractivity contribution is -0.141. The molecule has 1 N–H and O–H groups in total. The quantitative estimate of drug-likeness (QED) is 0.360. The van der Waals surface area contributed by atoms with Gasteiger partial charge in [0.15, 0.2) is 11.3 Å². The number of anilines is 2. The number of methoxy groups -OCH3 is 1. The second-order valence-corrected chi connectivity index (χ2v) is 5.19. The number of thioether (sulfide) groups is 1. The Hall–Kier alpha value is -2.08. The molecule has 9 heteroatoms. The highest BCUT2D eigenvalue weighted by molar-refractivity contribution is 7.98. The van der Waals surface area contributed by atoms with Crippen LogP contribution in [-0.2, 0) is 9.53 Å². The van der Waals surface area contributed by atoms with Crippen molar-refractivity contribution in [2.75, 3.05) is 23.6 Å². The highest BCUT2D eigenvalue weighted by Crippen LogP contribution is 2.18. The SMILES string of the molecule is COC(=O)[C@H](C)N(C#N)c1nc(NC(C)C)nc(SC)n1. The van der Waals surface area contributed by atoms with Gasteiger partial charge in [0.2, 0.25) is 11.9 Å². The largest absolute Gasteiger partial charge is 0.467 e. The normalized spacial score (nSPS) is 11.7. The van der Waals surface area contributed by atoms with Crippen LogP contribution in [0.25, 0.3) is 0 Å². The van der Waals surface area contributed by atoms with Gasteiger partial charge in [-0.05, 0) is 27.0 Å². The van der Waals surface area contributed by atoms with Gasteiger partial charge in [0.05, 0.1) is 7.11 Å². The molecule has 114 valence electrons. The van der Waals surface area contributed by atoms with E-state index < -0.39 is 12.0 Å². The summed E-state index contributed by atoms with van der Waals surface area (Å²) >= 11 is 1.32. The number of hydrogen-bond acceptors (Lipinski definition) is 9. The lowest BCUT2D eigenvalue weighted by Gasteiger charge is -2.20. The standard InChI is InChI=1S/C12H18N6O2S/c1-7(2)14-10-15-11(17-12(16-10)21-5)18(6-13)8(3)9(19)20-4/h7-8H,1-5H3,(H,14,15,16,17)/t8-/m0/s1. The Balaban J connectivity index is 3.19. The van der Waals surface area contributed by atoms with Crippen molar-refractivity contribution in [3.05, 3.63) is 0 Å². The number of nitrogens with one attached hydrogen (secondary N) is 1. The number of rotatable bonds is 6. The number of aromatic nitrogens is 3. The number of carbonyl (C=O) groups excluding carboxylic acids is 1. The van der Waals surface area contributed by atoms with Crippen molar-refractivity contribution in [3.8, 4) is 6.19 Å². The molecule has 0 saturated carbocycles. The van der Waals surface area contributed by atoms with Crippen molar-refractivity contribution in [3.63, 3.8) is 0 Å². The molecule has 0 aliphatic rings. The molecule has 0 spiro atoms. The number of nitrogens with zero attached hydrogens (tertiary/aromatic N) is 5. The van der Waals surface area contributed by atoms with Gasteiger partial charge in [0.1, 0.15) is 6.04 Å². The van der Waals surface area contributed by atoms with E-state index >= 15 is 0 Å². The van der Waals surface area contributed by atoms with Crippen molar-refractivity contribution in [1.82, 2.24) is 15.0 Å². The van der Waals surface area contributed by atoms with E-state index in [4.69, 9.17) is 0 Å². The number of hydrogen-bond donors (Lipinski definition) is 1. The van der Waals surface area contributed by atoms with E-state index in [0.717, 1.165) is 4.90 Å². The Morgan fingerprint density at radius 3 is 2.52 bits per heavy atom. The van der Waals surface area contributed by atoms with E-state index in [2.05, 4.69) is 25.0 Å². The first kappa shape index (κ1) is 17.0. The zero-order valence-electron chi connectivity index (χ0n) is 12.6. The smallest absolute Gasteiger partial charge is 0.329 e. The van der Waals surface area contributed by atoms with E-state index in [-0.39, 0.29) is 12.0 Å². The molecule has 0 unspecified atom stereocenters. The number of carbonyl (C=O) groups is 1. The van der Waals surface area contributed by atoms with Crippen LogP contribution in [0.15, 0.2) is 5.16 Å². The second kappa shape index (κ2) is 7.64. The molecule has 1 rings (SSSR count). The van der Waals surface area contributed by atoms with Crippen molar-refractivity contribution in [2.45, 2.75) is 38.0 Å². The highest BCUT2D eigenvalue weighted by atomic mass is 32.2. The fraction of sp³-hybridized carbons (Fsp3) is 0.583. The fourth-order valence-electron chi connectivity index (χ4n) is 1.45. The van der Waals surface area contributed by atoms with Crippen LogP contribution in [0.5, 0.6) is 0 Å². The summed E-state index contributed by atoms with van der Waals surface area (Å²) in [5.74, 6) is -0.0735. The summed E-state index contributed by atoms with van der Waals surface area (Å²) in [7, 11) is 1.26. The van der Waals surface area contributed by atoms with Crippen LogP contribution in [0.3, 0.4) is 0 Å². The minimum absolute atomic E-state index is 0.109. The van der Waals surface area contributed by atoms with Gasteiger partial charge in [0.25, 0.3) is 0 Å². The van der Waals surface area contributed by atoms with Crippen molar-refractivity contribution >= 4 is 29.6 Å². The molecule has 0 aromatic carbocycles. The second-order valence-electron chi connectivity index (χ2n) is 4.41. The molecule has 0 bridgehead atoms. The molecule has 1 aromatic heterocycles. The summed E-state index contributed by atoms with van der Waals surface area (Å²) in [6.07, 6.45) is 3.73. The van der Waals surface area contributed by atoms with Gasteiger partial charge in [0, 0.05) is 6.04 Å². The maximum atomic E-state index is 11.6. The Morgan fingerprint density at radius 2 is 2.05 bits per heavy atom. The third kappa shape index (κ3) is 4.46. The lowest BCUT2D eigenvalue weighted by Crippen LogP contribution is -2.37.